The Balaban J connectivity index is 2.00. The van der Waals surface area contributed by atoms with Gasteiger partial charge in [-0.05, 0) is 31.5 Å². The highest BCUT2D eigenvalue weighted by Gasteiger charge is 2.19. The highest BCUT2D eigenvalue weighted by atomic mass is 79.9. The van der Waals surface area contributed by atoms with Crippen molar-refractivity contribution >= 4 is 15.9 Å². The Morgan fingerprint density at radius 3 is 2.89 bits per heavy atom. The normalized spacial score (nSPS) is 19.3. The number of halogens is 1. The fourth-order valence-electron chi connectivity index (χ4n) is 2.48. The molecule has 0 radical (unpaired) electrons. The Labute approximate surface area is 115 Å². The highest BCUT2D eigenvalue weighted by Crippen LogP contribution is 2.31. The van der Waals surface area contributed by atoms with Crippen LogP contribution >= 0.6 is 15.9 Å². The number of aryl methyl sites for hydroxylation is 1. The van der Waals surface area contributed by atoms with Gasteiger partial charge in [-0.25, -0.2) is 0 Å². The summed E-state index contributed by atoms with van der Waals surface area (Å²) in [4.78, 5) is 0. The third kappa shape index (κ3) is 2.10. The van der Waals surface area contributed by atoms with Gasteiger partial charge in [-0.15, -0.1) is 0 Å². The minimum atomic E-state index is 0.500. The molecule has 0 bridgehead atoms. The molecule has 18 heavy (non-hydrogen) atoms. The van der Waals surface area contributed by atoms with Gasteiger partial charge in [-0.2, -0.15) is 5.10 Å². The summed E-state index contributed by atoms with van der Waals surface area (Å²) in [5, 5.41) is 8.05. The van der Waals surface area contributed by atoms with Gasteiger partial charge in [0.2, 0.25) is 0 Å². The number of hydrogen-bond donors (Lipinski definition) is 1. The summed E-state index contributed by atoms with van der Waals surface area (Å²) in [6.45, 7) is 4.19. The fourth-order valence-corrected chi connectivity index (χ4v) is 2.98. The van der Waals surface area contributed by atoms with Crippen LogP contribution in [0.4, 0.5) is 0 Å². The van der Waals surface area contributed by atoms with Crippen LogP contribution < -0.4 is 5.32 Å². The van der Waals surface area contributed by atoms with Crippen molar-refractivity contribution in [2.45, 2.75) is 19.4 Å². The van der Waals surface area contributed by atoms with Crippen molar-refractivity contribution in [1.82, 2.24) is 15.1 Å². The topological polar surface area (TPSA) is 29.9 Å². The molecule has 2 heterocycles. The van der Waals surface area contributed by atoms with Crippen LogP contribution in [0.1, 0.15) is 18.2 Å². The molecule has 0 spiro atoms. The first-order valence-corrected chi connectivity index (χ1v) is 7.06. The van der Waals surface area contributed by atoms with Crippen molar-refractivity contribution in [3.63, 3.8) is 0 Å². The lowest BCUT2D eigenvalue weighted by atomic mass is 10.1. The van der Waals surface area contributed by atoms with Crippen molar-refractivity contribution in [3.05, 3.63) is 40.6 Å². The Morgan fingerprint density at radius 1 is 1.33 bits per heavy atom. The van der Waals surface area contributed by atoms with Crippen LogP contribution in [0.2, 0.25) is 0 Å². The third-order valence-electron chi connectivity index (χ3n) is 3.49. The van der Waals surface area contributed by atoms with Crippen molar-refractivity contribution in [1.29, 1.82) is 0 Å². The molecule has 4 heteroatoms. The summed E-state index contributed by atoms with van der Waals surface area (Å²) < 4.78 is 3.24. The summed E-state index contributed by atoms with van der Waals surface area (Å²) in [7, 11) is 0. The second-order valence-corrected chi connectivity index (χ2v) is 5.59. The van der Waals surface area contributed by atoms with E-state index >= 15 is 0 Å². The van der Waals surface area contributed by atoms with Crippen molar-refractivity contribution in [2.75, 3.05) is 13.1 Å². The van der Waals surface area contributed by atoms with E-state index in [1.165, 1.54) is 11.1 Å². The van der Waals surface area contributed by atoms with Crippen LogP contribution in [0, 0.1) is 6.92 Å². The minimum Gasteiger partial charge on any atom is -0.315 e. The van der Waals surface area contributed by atoms with E-state index in [2.05, 4.69) is 62.3 Å². The minimum absolute atomic E-state index is 0.500. The first-order valence-electron chi connectivity index (χ1n) is 6.27. The smallest absolute Gasteiger partial charge is 0.0672 e. The molecule has 1 N–H and O–H groups in total. The summed E-state index contributed by atoms with van der Waals surface area (Å²) in [6, 6.07) is 8.80. The highest BCUT2D eigenvalue weighted by molar-refractivity contribution is 9.10. The van der Waals surface area contributed by atoms with E-state index in [1.54, 1.807) is 0 Å². The zero-order valence-electron chi connectivity index (χ0n) is 10.4. The maximum atomic E-state index is 4.67. The fraction of sp³-hybridized carbons (Fsp3) is 0.357. The molecule has 0 aliphatic carbocycles. The molecule has 1 saturated heterocycles. The van der Waals surface area contributed by atoms with Gasteiger partial charge in [0.1, 0.15) is 0 Å². The average molecular weight is 306 g/mol. The molecule has 1 unspecified atom stereocenters. The van der Waals surface area contributed by atoms with E-state index in [9.17, 15) is 0 Å². The molecule has 1 aliphatic heterocycles. The number of aromatic nitrogens is 2. The zero-order chi connectivity index (χ0) is 12.5. The summed E-state index contributed by atoms with van der Waals surface area (Å²) in [6.07, 6.45) is 3.34. The molecule has 1 aliphatic rings. The zero-order valence-corrected chi connectivity index (χ0v) is 11.9. The number of hydrogen-bond acceptors (Lipinski definition) is 2. The predicted molar refractivity (Wildman–Crippen MR) is 76.6 cm³/mol. The molecular weight excluding hydrogens is 290 g/mol. The Hall–Kier alpha value is -1.13. The van der Waals surface area contributed by atoms with Crippen molar-refractivity contribution in [2.24, 2.45) is 0 Å². The van der Waals surface area contributed by atoms with Gasteiger partial charge in [0.15, 0.2) is 0 Å². The van der Waals surface area contributed by atoms with E-state index in [0.29, 0.717) is 6.04 Å². The lowest BCUT2D eigenvalue weighted by Crippen LogP contribution is -2.13. The molecule has 94 valence electrons. The lowest BCUT2D eigenvalue weighted by Gasteiger charge is -2.07. The van der Waals surface area contributed by atoms with E-state index in [1.807, 2.05) is 6.07 Å². The second-order valence-electron chi connectivity index (χ2n) is 4.73. The number of nitrogens with one attached hydrogen (secondary N) is 1. The Kier molecular flexibility index (Phi) is 3.22. The molecule has 1 aromatic carbocycles. The maximum absolute atomic E-state index is 4.67. The number of benzene rings is 1. The van der Waals surface area contributed by atoms with E-state index in [-0.39, 0.29) is 0 Å². The van der Waals surface area contributed by atoms with E-state index < -0.39 is 0 Å². The molecule has 1 atom stereocenters. The monoisotopic (exact) mass is 305 g/mol. The molecule has 2 aromatic rings. The largest absolute Gasteiger partial charge is 0.315 e. The first-order chi connectivity index (χ1) is 8.75. The van der Waals surface area contributed by atoms with Gasteiger partial charge >= 0.3 is 0 Å². The molecule has 0 saturated carbocycles. The molecule has 3 rings (SSSR count). The number of rotatable bonds is 2. The molecule has 1 fully saturated rings. The molecular formula is C14H16BrN3. The third-order valence-corrected chi connectivity index (χ3v) is 4.18. The first kappa shape index (κ1) is 11.9. The van der Waals surface area contributed by atoms with Crippen LogP contribution in [0.15, 0.2) is 34.9 Å². The van der Waals surface area contributed by atoms with Crippen LogP contribution in [-0.4, -0.2) is 22.9 Å². The number of nitrogens with zero attached hydrogens (tertiary/aromatic N) is 2. The van der Waals surface area contributed by atoms with Crippen molar-refractivity contribution < 1.29 is 0 Å². The summed E-state index contributed by atoms with van der Waals surface area (Å²) >= 11 is 3.61. The SMILES string of the molecule is Cc1nn(C2CCNC2)cc1-c1ccccc1Br. The lowest BCUT2D eigenvalue weighted by molar-refractivity contribution is 0.488. The summed E-state index contributed by atoms with van der Waals surface area (Å²) in [5.41, 5.74) is 3.52. The van der Waals surface area contributed by atoms with Crippen LogP contribution in [0.3, 0.4) is 0 Å². The summed E-state index contributed by atoms with van der Waals surface area (Å²) in [5.74, 6) is 0. The van der Waals surface area contributed by atoms with Crippen molar-refractivity contribution in [3.8, 4) is 11.1 Å². The molecule has 3 nitrogen and oxygen atoms in total. The van der Waals surface area contributed by atoms with Gasteiger partial charge < -0.3 is 5.32 Å². The molecule has 1 aromatic heterocycles. The maximum Gasteiger partial charge on any atom is 0.0672 e. The van der Waals surface area contributed by atoms with Gasteiger partial charge in [0.25, 0.3) is 0 Å². The van der Waals surface area contributed by atoms with Crippen LogP contribution in [-0.2, 0) is 0 Å². The van der Waals surface area contributed by atoms with Gasteiger partial charge in [0, 0.05) is 22.8 Å². The molecule has 0 amide bonds. The van der Waals surface area contributed by atoms with E-state index in [0.717, 1.165) is 29.7 Å². The van der Waals surface area contributed by atoms with Gasteiger partial charge in [-0.1, -0.05) is 34.1 Å². The second kappa shape index (κ2) is 4.86. The van der Waals surface area contributed by atoms with Crippen LogP contribution in [0.5, 0.6) is 0 Å². The van der Waals surface area contributed by atoms with Gasteiger partial charge in [0.05, 0.1) is 11.7 Å². The quantitative estimate of drug-likeness (QED) is 0.923. The van der Waals surface area contributed by atoms with Crippen LogP contribution in [0.25, 0.3) is 11.1 Å². The Morgan fingerprint density at radius 2 is 2.17 bits per heavy atom. The standard InChI is InChI=1S/C14H16BrN3/c1-10-13(12-4-2-3-5-14(12)15)9-18(17-10)11-6-7-16-8-11/h2-5,9,11,16H,6-8H2,1H3. The van der Waals surface area contributed by atoms with E-state index in [4.69, 9.17) is 0 Å². The predicted octanol–water partition coefficient (Wildman–Crippen LogP) is 3.16. The Bertz CT molecular complexity index is 556. The van der Waals surface area contributed by atoms with Gasteiger partial charge in [-0.3, -0.25) is 4.68 Å². The average Bonchev–Trinajstić information content (AvgIpc) is 2.99.